The molecule has 0 bridgehead atoms. The van der Waals surface area contributed by atoms with Gasteiger partial charge >= 0.3 is 0 Å². The number of rotatable bonds is 9. The third kappa shape index (κ3) is 6.06. The highest BCUT2D eigenvalue weighted by Crippen LogP contribution is 2.21. The molecule has 144 valence electrons. The molecule has 1 aromatic carbocycles. The molecule has 1 heterocycles. The number of amides is 1. The first-order valence-corrected chi connectivity index (χ1v) is 8.78. The number of benzene rings is 1. The predicted molar refractivity (Wildman–Crippen MR) is 100 cm³/mol. The van der Waals surface area contributed by atoms with Gasteiger partial charge in [-0.3, -0.25) is 4.79 Å². The lowest BCUT2D eigenvalue weighted by Crippen LogP contribution is -2.24. The number of allylic oxidation sites excluding steroid dienone is 1. The van der Waals surface area contributed by atoms with E-state index in [-0.39, 0.29) is 29.2 Å². The van der Waals surface area contributed by atoms with Crippen LogP contribution in [0, 0.1) is 11.8 Å². The molecular formula is C20H23F2N3O2. The van der Waals surface area contributed by atoms with Crippen molar-refractivity contribution in [1.82, 2.24) is 10.3 Å². The lowest BCUT2D eigenvalue weighted by atomic mass is 10.2. The molecule has 2 rings (SSSR count). The number of nitrogens with two attached hydrogens (primary N) is 1. The number of carbonyl (C=O) groups is 1. The van der Waals surface area contributed by atoms with E-state index in [9.17, 15) is 13.6 Å². The van der Waals surface area contributed by atoms with Crippen molar-refractivity contribution in [3.05, 3.63) is 65.4 Å². The molecule has 0 unspecified atom stereocenters. The smallest absolute Gasteiger partial charge is 0.255 e. The van der Waals surface area contributed by atoms with Crippen molar-refractivity contribution in [2.75, 3.05) is 12.3 Å². The molecule has 0 aliphatic heterocycles. The van der Waals surface area contributed by atoms with Crippen LogP contribution in [-0.4, -0.2) is 17.5 Å². The zero-order chi connectivity index (χ0) is 19.6. The van der Waals surface area contributed by atoms with Crippen molar-refractivity contribution in [2.24, 2.45) is 0 Å². The minimum atomic E-state index is -0.774. The summed E-state index contributed by atoms with van der Waals surface area (Å²) in [5.74, 6) is -1.95. The van der Waals surface area contributed by atoms with Crippen LogP contribution in [0.2, 0.25) is 0 Å². The monoisotopic (exact) mass is 375 g/mol. The van der Waals surface area contributed by atoms with E-state index in [4.69, 9.17) is 10.5 Å². The summed E-state index contributed by atoms with van der Waals surface area (Å²) >= 11 is 0. The Labute approximate surface area is 157 Å². The highest BCUT2D eigenvalue weighted by molar-refractivity contribution is 5.98. The first-order chi connectivity index (χ1) is 13.0. The van der Waals surface area contributed by atoms with Crippen LogP contribution in [0.1, 0.15) is 42.1 Å². The van der Waals surface area contributed by atoms with Gasteiger partial charge in [0.2, 0.25) is 5.95 Å². The average molecular weight is 375 g/mol. The van der Waals surface area contributed by atoms with Gasteiger partial charge in [-0.25, -0.2) is 9.37 Å². The molecule has 27 heavy (non-hydrogen) atoms. The molecule has 0 radical (unpaired) electrons. The van der Waals surface area contributed by atoms with Gasteiger partial charge in [0.25, 0.3) is 5.91 Å². The van der Waals surface area contributed by atoms with Crippen LogP contribution in [-0.2, 0) is 6.54 Å². The van der Waals surface area contributed by atoms with Crippen molar-refractivity contribution in [3.63, 3.8) is 0 Å². The largest absolute Gasteiger partial charge is 0.490 e. The number of aromatic nitrogens is 1. The van der Waals surface area contributed by atoms with Crippen LogP contribution in [0.25, 0.3) is 0 Å². The van der Waals surface area contributed by atoms with E-state index < -0.39 is 17.7 Å². The highest BCUT2D eigenvalue weighted by atomic mass is 19.1. The standard InChI is InChI=1S/C20H23F2N3O2/c1-2-3-4-5-6-12-27-16-9-7-8-14(18(16)22)13-24-20(26)15-10-11-17(21)25-19(15)23/h4-5,7-11H,2-3,6,12-13H2,1H3,(H2,23,25)(H,24,26). The Morgan fingerprint density at radius 1 is 1.22 bits per heavy atom. The fourth-order valence-corrected chi connectivity index (χ4v) is 2.36. The maximum atomic E-state index is 14.5. The van der Waals surface area contributed by atoms with Crippen LogP contribution in [0.3, 0.4) is 0 Å². The minimum Gasteiger partial charge on any atom is -0.490 e. The summed E-state index contributed by atoms with van der Waals surface area (Å²) in [6, 6.07) is 7.01. The number of hydrogen-bond acceptors (Lipinski definition) is 4. The third-order valence-electron chi connectivity index (χ3n) is 3.78. The molecule has 0 aliphatic carbocycles. The van der Waals surface area contributed by atoms with Crippen molar-refractivity contribution in [1.29, 1.82) is 0 Å². The van der Waals surface area contributed by atoms with Crippen LogP contribution in [0.15, 0.2) is 42.5 Å². The van der Waals surface area contributed by atoms with E-state index in [0.717, 1.165) is 18.9 Å². The normalized spacial score (nSPS) is 10.9. The molecule has 0 aliphatic rings. The topological polar surface area (TPSA) is 77.2 Å². The summed E-state index contributed by atoms with van der Waals surface area (Å²) in [5.41, 5.74) is 5.84. The van der Waals surface area contributed by atoms with Gasteiger partial charge in [0.1, 0.15) is 5.82 Å². The van der Waals surface area contributed by atoms with E-state index in [2.05, 4.69) is 23.3 Å². The van der Waals surface area contributed by atoms with Gasteiger partial charge < -0.3 is 15.8 Å². The predicted octanol–water partition coefficient (Wildman–Crippen LogP) is 4.00. The summed E-state index contributed by atoms with van der Waals surface area (Å²) in [4.78, 5) is 15.5. The Balaban J connectivity index is 1.94. The summed E-state index contributed by atoms with van der Waals surface area (Å²) in [7, 11) is 0. The van der Waals surface area contributed by atoms with Gasteiger partial charge in [-0.05, 0) is 31.0 Å². The van der Waals surface area contributed by atoms with Gasteiger partial charge in [-0.1, -0.05) is 37.6 Å². The molecule has 0 saturated carbocycles. The number of nitrogens with zero attached hydrogens (tertiary/aromatic N) is 1. The highest BCUT2D eigenvalue weighted by Gasteiger charge is 2.14. The molecule has 1 amide bonds. The van der Waals surface area contributed by atoms with E-state index in [1.54, 1.807) is 12.1 Å². The van der Waals surface area contributed by atoms with Crippen LogP contribution in [0.5, 0.6) is 5.75 Å². The van der Waals surface area contributed by atoms with Gasteiger partial charge in [0, 0.05) is 12.1 Å². The summed E-state index contributed by atoms with van der Waals surface area (Å²) < 4.78 is 32.9. The molecule has 1 aromatic heterocycles. The van der Waals surface area contributed by atoms with Crippen molar-refractivity contribution in [2.45, 2.75) is 32.7 Å². The first-order valence-electron chi connectivity index (χ1n) is 8.78. The summed E-state index contributed by atoms with van der Waals surface area (Å²) in [6.07, 6.45) is 6.86. The first kappa shape index (κ1) is 20.4. The number of ether oxygens (including phenoxy) is 1. The fourth-order valence-electron chi connectivity index (χ4n) is 2.36. The maximum absolute atomic E-state index is 14.5. The molecule has 7 heteroatoms. The van der Waals surface area contributed by atoms with Crippen molar-refractivity contribution >= 4 is 11.7 Å². The number of nitrogen functional groups attached to an aromatic ring is 1. The average Bonchev–Trinajstić information content (AvgIpc) is 2.64. The van der Waals surface area contributed by atoms with E-state index in [1.165, 1.54) is 12.1 Å². The SMILES string of the molecule is CCCC=CCCOc1cccc(CNC(=O)c2ccc(F)nc2N)c1F. The number of pyridine rings is 1. The quantitative estimate of drug-likeness (QED) is 0.395. The Morgan fingerprint density at radius 2 is 2.00 bits per heavy atom. The zero-order valence-electron chi connectivity index (χ0n) is 15.2. The second kappa shape index (κ2) is 10.3. The van der Waals surface area contributed by atoms with Crippen LogP contribution >= 0.6 is 0 Å². The van der Waals surface area contributed by atoms with Crippen molar-refractivity contribution in [3.8, 4) is 5.75 Å². The van der Waals surface area contributed by atoms with Crippen molar-refractivity contribution < 1.29 is 18.3 Å². The van der Waals surface area contributed by atoms with Crippen LogP contribution < -0.4 is 15.8 Å². The number of halogens is 2. The van der Waals surface area contributed by atoms with E-state index in [0.29, 0.717) is 13.0 Å². The summed E-state index contributed by atoms with van der Waals surface area (Å²) in [6.45, 7) is 2.40. The molecule has 3 N–H and O–H groups in total. The Hall–Kier alpha value is -2.96. The Morgan fingerprint density at radius 3 is 2.74 bits per heavy atom. The van der Waals surface area contributed by atoms with E-state index >= 15 is 0 Å². The number of unbranched alkanes of at least 4 members (excludes halogenated alkanes) is 1. The molecule has 0 atom stereocenters. The number of hydrogen-bond donors (Lipinski definition) is 2. The van der Waals surface area contributed by atoms with Gasteiger partial charge in [0.15, 0.2) is 11.6 Å². The molecule has 0 fully saturated rings. The Bertz CT molecular complexity index is 810. The van der Waals surface area contributed by atoms with E-state index in [1.807, 2.05) is 6.08 Å². The molecule has 0 saturated heterocycles. The van der Waals surface area contributed by atoms with Gasteiger partial charge in [-0.2, -0.15) is 4.39 Å². The van der Waals surface area contributed by atoms with Gasteiger partial charge in [0.05, 0.1) is 12.2 Å². The molecule has 5 nitrogen and oxygen atoms in total. The summed E-state index contributed by atoms with van der Waals surface area (Å²) in [5, 5.41) is 2.55. The Kier molecular flexibility index (Phi) is 7.73. The molecular weight excluding hydrogens is 352 g/mol. The third-order valence-corrected chi connectivity index (χ3v) is 3.78. The number of anilines is 1. The fraction of sp³-hybridized carbons (Fsp3) is 0.300. The lowest BCUT2D eigenvalue weighted by Gasteiger charge is -2.11. The second-order valence-electron chi connectivity index (χ2n) is 5.88. The lowest BCUT2D eigenvalue weighted by molar-refractivity contribution is 0.0951. The molecule has 2 aromatic rings. The maximum Gasteiger partial charge on any atom is 0.255 e. The number of carbonyl (C=O) groups excluding carboxylic acids is 1. The van der Waals surface area contributed by atoms with Crippen LogP contribution in [0.4, 0.5) is 14.6 Å². The number of nitrogens with one attached hydrogen (secondary N) is 1. The zero-order valence-corrected chi connectivity index (χ0v) is 15.2. The van der Waals surface area contributed by atoms with Gasteiger partial charge in [-0.15, -0.1) is 0 Å². The second-order valence-corrected chi connectivity index (χ2v) is 5.88. The molecule has 0 spiro atoms. The minimum absolute atomic E-state index is 0.0306.